The molecular weight excluding hydrogens is 174 g/mol. The second kappa shape index (κ2) is 4.47. The van der Waals surface area contributed by atoms with Crippen molar-refractivity contribution >= 4 is 0 Å². The van der Waals surface area contributed by atoms with E-state index in [0.717, 1.165) is 24.1 Å². The Balaban J connectivity index is 3.09. The molecule has 0 heterocycles. The van der Waals surface area contributed by atoms with Crippen molar-refractivity contribution in [2.24, 2.45) is 0 Å². The first kappa shape index (κ1) is 11.1. The van der Waals surface area contributed by atoms with Crippen LogP contribution in [0.15, 0.2) is 6.07 Å². The Morgan fingerprint density at radius 2 is 1.86 bits per heavy atom. The molecule has 0 spiro atoms. The van der Waals surface area contributed by atoms with Gasteiger partial charge in [0.05, 0.1) is 0 Å². The van der Waals surface area contributed by atoms with Crippen molar-refractivity contribution in [1.82, 2.24) is 5.32 Å². The first-order chi connectivity index (χ1) is 6.57. The largest absolute Gasteiger partial charge is 0.507 e. The Kier molecular flexibility index (Phi) is 3.53. The summed E-state index contributed by atoms with van der Waals surface area (Å²) in [4.78, 5) is 0. The van der Waals surface area contributed by atoms with Gasteiger partial charge in [0.1, 0.15) is 5.75 Å². The number of phenolic OH excluding ortho intramolecular Hbond substituents is 1. The highest BCUT2D eigenvalue weighted by molar-refractivity contribution is 5.48. The maximum atomic E-state index is 9.79. The van der Waals surface area contributed by atoms with Crippen LogP contribution >= 0.6 is 0 Å². The molecule has 14 heavy (non-hydrogen) atoms. The van der Waals surface area contributed by atoms with E-state index >= 15 is 0 Å². The third-order valence-corrected chi connectivity index (χ3v) is 2.72. The summed E-state index contributed by atoms with van der Waals surface area (Å²) in [5.41, 5.74) is 4.53. The van der Waals surface area contributed by atoms with Crippen LogP contribution in [-0.2, 0) is 6.42 Å². The molecule has 0 bridgehead atoms. The van der Waals surface area contributed by atoms with E-state index < -0.39 is 0 Å². The van der Waals surface area contributed by atoms with Crippen molar-refractivity contribution in [3.63, 3.8) is 0 Å². The van der Waals surface area contributed by atoms with Gasteiger partial charge in [0.15, 0.2) is 0 Å². The SMILES string of the molecule is CNCCc1c(C)cc(C)c(O)c1C. The highest BCUT2D eigenvalue weighted by atomic mass is 16.3. The van der Waals surface area contributed by atoms with Crippen molar-refractivity contribution < 1.29 is 5.11 Å². The predicted molar refractivity (Wildman–Crippen MR) is 59.9 cm³/mol. The number of benzene rings is 1. The number of aryl methyl sites for hydroxylation is 2. The lowest BCUT2D eigenvalue weighted by Crippen LogP contribution is -2.12. The lowest BCUT2D eigenvalue weighted by molar-refractivity contribution is 0.465. The quantitative estimate of drug-likeness (QED) is 0.770. The monoisotopic (exact) mass is 193 g/mol. The average Bonchev–Trinajstić information content (AvgIpc) is 2.14. The summed E-state index contributed by atoms with van der Waals surface area (Å²) in [5.74, 6) is 0.446. The fourth-order valence-corrected chi connectivity index (χ4v) is 1.85. The topological polar surface area (TPSA) is 32.3 Å². The molecule has 0 saturated carbocycles. The van der Waals surface area contributed by atoms with E-state index in [1.165, 1.54) is 11.1 Å². The normalized spacial score (nSPS) is 10.6. The summed E-state index contributed by atoms with van der Waals surface area (Å²) >= 11 is 0. The minimum absolute atomic E-state index is 0.446. The molecule has 1 aromatic carbocycles. The van der Waals surface area contributed by atoms with Gasteiger partial charge >= 0.3 is 0 Å². The second-order valence-corrected chi connectivity index (χ2v) is 3.82. The molecule has 0 aliphatic heterocycles. The fraction of sp³-hybridized carbons (Fsp3) is 0.500. The zero-order chi connectivity index (χ0) is 10.7. The number of hydrogen-bond acceptors (Lipinski definition) is 2. The van der Waals surface area contributed by atoms with Crippen LogP contribution in [0.1, 0.15) is 22.3 Å². The standard InChI is InChI=1S/C12H19NO/c1-8-7-9(2)12(14)10(3)11(8)5-6-13-4/h7,13-14H,5-6H2,1-4H3. The molecule has 0 fully saturated rings. The van der Waals surface area contributed by atoms with Gasteiger partial charge in [-0.2, -0.15) is 0 Å². The fourth-order valence-electron chi connectivity index (χ4n) is 1.85. The number of aromatic hydroxyl groups is 1. The van der Waals surface area contributed by atoms with E-state index in [2.05, 4.69) is 12.2 Å². The van der Waals surface area contributed by atoms with Gasteiger partial charge in [-0.1, -0.05) is 6.07 Å². The third-order valence-electron chi connectivity index (χ3n) is 2.72. The molecule has 0 unspecified atom stereocenters. The van der Waals surface area contributed by atoms with Crippen LogP contribution in [0.4, 0.5) is 0 Å². The van der Waals surface area contributed by atoms with Crippen molar-refractivity contribution in [3.8, 4) is 5.75 Å². The maximum absolute atomic E-state index is 9.79. The lowest BCUT2D eigenvalue weighted by atomic mass is 9.96. The van der Waals surface area contributed by atoms with Crippen LogP contribution in [0.25, 0.3) is 0 Å². The molecule has 2 nitrogen and oxygen atoms in total. The molecule has 0 amide bonds. The van der Waals surface area contributed by atoms with E-state index in [0.29, 0.717) is 5.75 Å². The zero-order valence-electron chi connectivity index (χ0n) is 9.44. The lowest BCUT2D eigenvalue weighted by Gasteiger charge is -2.13. The van der Waals surface area contributed by atoms with Crippen LogP contribution in [0.2, 0.25) is 0 Å². The highest BCUT2D eigenvalue weighted by Gasteiger charge is 2.08. The summed E-state index contributed by atoms with van der Waals surface area (Å²) < 4.78 is 0. The van der Waals surface area contributed by atoms with Crippen molar-refractivity contribution in [2.45, 2.75) is 27.2 Å². The Bertz CT molecular complexity index is 332. The zero-order valence-corrected chi connectivity index (χ0v) is 9.44. The van der Waals surface area contributed by atoms with Crippen LogP contribution in [0.3, 0.4) is 0 Å². The Hall–Kier alpha value is -1.02. The molecule has 78 valence electrons. The van der Waals surface area contributed by atoms with Crippen molar-refractivity contribution in [2.75, 3.05) is 13.6 Å². The van der Waals surface area contributed by atoms with E-state index in [1.54, 1.807) is 0 Å². The van der Waals surface area contributed by atoms with Crippen LogP contribution < -0.4 is 5.32 Å². The molecule has 0 aliphatic carbocycles. The molecule has 0 aliphatic rings. The summed E-state index contributed by atoms with van der Waals surface area (Å²) in [6.07, 6.45) is 0.974. The molecular formula is C12H19NO. The van der Waals surface area contributed by atoms with Gasteiger partial charge in [-0.3, -0.25) is 0 Å². The highest BCUT2D eigenvalue weighted by Crippen LogP contribution is 2.27. The maximum Gasteiger partial charge on any atom is 0.121 e. The molecule has 0 saturated heterocycles. The number of hydrogen-bond donors (Lipinski definition) is 2. The minimum Gasteiger partial charge on any atom is -0.507 e. The molecule has 2 heteroatoms. The van der Waals surface area contributed by atoms with Gasteiger partial charge in [0.2, 0.25) is 0 Å². The van der Waals surface area contributed by atoms with E-state index in [4.69, 9.17) is 0 Å². The number of phenols is 1. The Morgan fingerprint density at radius 3 is 2.43 bits per heavy atom. The first-order valence-electron chi connectivity index (χ1n) is 5.01. The third kappa shape index (κ3) is 2.07. The van der Waals surface area contributed by atoms with Crippen LogP contribution in [0, 0.1) is 20.8 Å². The second-order valence-electron chi connectivity index (χ2n) is 3.82. The summed E-state index contributed by atoms with van der Waals surface area (Å²) in [6, 6.07) is 2.05. The van der Waals surface area contributed by atoms with Crippen LogP contribution in [0.5, 0.6) is 5.75 Å². The molecule has 0 radical (unpaired) electrons. The molecule has 1 rings (SSSR count). The van der Waals surface area contributed by atoms with E-state index in [1.807, 2.05) is 27.0 Å². The van der Waals surface area contributed by atoms with E-state index in [-0.39, 0.29) is 0 Å². The Labute approximate surface area is 86.0 Å². The van der Waals surface area contributed by atoms with Gasteiger partial charge in [0, 0.05) is 0 Å². The molecule has 2 N–H and O–H groups in total. The summed E-state index contributed by atoms with van der Waals surface area (Å²) in [7, 11) is 1.94. The molecule has 1 aromatic rings. The molecule has 0 atom stereocenters. The van der Waals surface area contributed by atoms with Gasteiger partial charge < -0.3 is 10.4 Å². The first-order valence-corrected chi connectivity index (χ1v) is 5.01. The Morgan fingerprint density at radius 1 is 1.21 bits per heavy atom. The number of rotatable bonds is 3. The van der Waals surface area contributed by atoms with Gasteiger partial charge in [0.25, 0.3) is 0 Å². The van der Waals surface area contributed by atoms with Crippen LogP contribution in [-0.4, -0.2) is 18.7 Å². The minimum atomic E-state index is 0.446. The average molecular weight is 193 g/mol. The predicted octanol–water partition coefficient (Wildman–Crippen LogP) is 2.08. The number of nitrogens with one attached hydrogen (secondary N) is 1. The van der Waals surface area contributed by atoms with E-state index in [9.17, 15) is 5.11 Å². The van der Waals surface area contributed by atoms with Crippen molar-refractivity contribution in [3.05, 3.63) is 28.3 Å². The van der Waals surface area contributed by atoms with Gasteiger partial charge in [-0.05, 0) is 63.0 Å². The van der Waals surface area contributed by atoms with Gasteiger partial charge in [-0.25, -0.2) is 0 Å². The molecule has 0 aromatic heterocycles. The summed E-state index contributed by atoms with van der Waals surface area (Å²) in [6.45, 7) is 6.98. The smallest absolute Gasteiger partial charge is 0.121 e. The van der Waals surface area contributed by atoms with Gasteiger partial charge in [-0.15, -0.1) is 0 Å². The van der Waals surface area contributed by atoms with Crippen molar-refractivity contribution in [1.29, 1.82) is 0 Å². The summed E-state index contributed by atoms with van der Waals surface area (Å²) in [5, 5.41) is 12.9. The number of likely N-dealkylation sites (N-methyl/N-ethyl adjacent to an activating group) is 1.